The zero-order chi connectivity index (χ0) is 17.4. The SMILES string of the molecule is CN1CCOC2(CCCN(C(=O)c3ccccc3C(F)(F)F)C2)C1. The van der Waals surface area contributed by atoms with Gasteiger partial charge < -0.3 is 14.5 Å². The number of hydrogen-bond acceptors (Lipinski definition) is 3. The van der Waals surface area contributed by atoms with Crippen molar-refractivity contribution in [3.05, 3.63) is 35.4 Å². The van der Waals surface area contributed by atoms with Gasteiger partial charge in [0.1, 0.15) is 0 Å². The molecule has 132 valence electrons. The van der Waals surface area contributed by atoms with Crippen molar-refractivity contribution >= 4 is 5.91 Å². The van der Waals surface area contributed by atoms with E-state index in [2.05, 4.69) is 4.90 Å². The van der Waals surface area contributed by atoms with Gasteiger partial charge in [0.05, 0.1) is 29.9 Å². The first-order valence-electron chi connectivity index (χ1n) is 8.09. The molecule has 2 aliphatic heterocycles. The Hall–Kier alpha value is -1.60. The molecule has 1 aromatic rings. The van der Waals surface area contributed by atoms with Gasteiger partial charge in [0.2, 0.25) is 0 Å². The number of alkyl halides is 3. The number of piperidine rings is 1. The summed E-state index contributed by atoms with van der Waals surface area (Å²) in [6.45, 7) is 2.89. The highest BCUT2D eigenvalue weighted by Gasteiger charge is 2.42. The lowest BCUT2D eigenvalue weighted by Crippen LogP contribution is -2.59. The Balaban J connectivity index is 1.83. The molecule has 2 aliphatic rings. The molecule has 2 saturated heterocycles. The molecule has 0 radical (unpaired) electrons. The summed E-state index contributed by atoms with van der Waals surface area (Å²) in [5.41, 5.74) is -1.63. The maximum absolute atomic E-state index is 13.2. The summed E-state index contributed by atoms with van der Waals surface area (Å²) in [6, 6.07) is 4.97. The molecule has 1 aromatic carbocycles. The van der Waals surface area contributed by atoms with Gasteiger partial charge in [-0.1, -0.05) is 12.1 Å². The molecule has 1 spiro atoms. The Labute approximate surface area is 139 Å². The molecule has 0 aromatic heterocycles. The first-order valence-corrected chi connectivity index (χ1v) is 8.09. The number of ether oxygens (including phenoxy) is 1. The predicted molar refractivity (Wildman–Crippen MR) is 82.8 cm³/mol. The largest absolute Gasteiger partial charge is 0.417 e. The highest BCUT2D eigenvalue weighted by Crippen LogP contribution is 2.34. The van der Waals surface area contributed by atoms with Crippen LogP contribution in [0.4, 0.5) is 13.2 Å². The minimum Gasteiger partial charge on any atom is -0.370 e. The van der Waals surface area contributed by atoms with Gasteiger partial charge in [-0.25, -0.2) is 0 Å². The number of nitrogens with zero attached hydrogens (tertiary/aromatic N) is 2. The zero-order valence-corrected chi connectivity index (χ0v) is 13.6. The molecular formula is C17H21F3N2O2. The van der Waals surface area contributed by atoms with Crippen LogP contribution in [0, 0.1) is 0 Å². The van der Waals surface area contributed by atoms with E-state index in [1.165, 1.54) is 23.1 Å². The third-order valence-corrected chi connectivity index (χ3v) is 4.73. The Morgan fingerprint density at radius 1 is 1.21 bits per heavy atom. The number of hydrogen-bond donors (Lipinski definition) is 0. The Bertz CT molecular complexity index is 616. The normalized spacial score (nSPS) is 25.9. The standard InChI is InChI=1S/C17H21F3N2O2/c1-21-9-10-24-16(11-21)7-4-8-22(12-16)15(23)13-5-2-3-6-14(13)17(18,19)20/h2-3,5-6H,4,7-12H2,1H3. The number of carbonyl (C=O) groups is 1. The van der Waals surface area contributed by atoms with E-state index in [-0.39, 0.29) is 5.56 Å². The van der Waals surface area contributed by atoms with Crippen LogP contribution < -0.4 is 0 Å². The number of benzene rings is 1. The quantitative estimate of drug-likeness (QED) is 0.787. The van der Waals surface area contributed by atoms with Crippen molar-refractivity contribution in [2.75, 3.05) is 39.8 Å². The van der Waals surface area contributed by atoms with Crippen LogP contribution in [-0.4, -0.2) is 61.1 Å². The number of amides is 1. The monoisotopic (exact) mass is 342 g/mol. The summed E-state index contributed by atoms with van der Waals surface area (Å²) in [5, 5.41) is 0. The second kappa shape index (κ2) is 6.37. The predicted octanol–water partition coefficient (Wildman–Crippen LogP) is 2.64. The van der Waals surface area contributed by atoms with Gasteiger partial charge in [0.15, 0.2) is 0 Å². The van der Waals surface area contributed by atoms with Gasteiger partial charge in [0.25, 0.3) is 5.91 Å². The van der Waals surface area contributed by atoms with E-state index < -0.39 is 23.2 Å². The van der Waals surface area contributed by atoms with E-state index in [1.807, 2.05) is 7.05 Å². The molecule has 24 heavy (non-hydrogen) atoms. The minimum atomic E-state index is -4.54. The second-order valence-corrected chi connectivity index (χ2v) is 6.64. The van der Waals surface area contributed by atoms with Crippen LogP contribution in [0.15, 0.2) is 24.3 Å². The van der Waals surface area contributed by atoms with E-state index in [0.29, 0.717) is 26.2 Å². The average molecular weight is 342 g/mol. The maximum Gasteiger partial charge on any atom is 0.417 e. The third-order valence-electron chi connectivity index (χ3n) is 4.73. The smallest absolute Gasteiger partial charge is 0.370 e. The lowest BCUT2D eigenvalue weighted by atomic mass is 9.90. The molecule has 4 nitrogen and oxygen atoms in total. The van der Waals surface area contributed by atoms with Crippen LogP contribution >= 0.6 is 0 Å². The van der Waals surface area contributed by atoms with Gasteiger partial charge in [0, 0.05) is 19.6 Å². The second-order valence-electron chi connectivity index (χ2n) is 6.64. The fourth-order valence-electron chi connectivity index (χ4n) is 3.64. The summed E-state index contributed by atoms with van der Waals surface area (Å²) in [7, 11) is 1.99. The van der Waals surface area contributed by atoms with Crippen molar-refractivity contribution in [1.29, 1.82) is 0 Å². The van der Waals surface area contributed by atoms with Gasteiger partial charge >= 0.3 is 6.18 Å². The van der Waals surface area contributed by atoms with Crippen LogP contribution in [0.25, 0.3) is 0 Å². The van der Waals surface area contributed by atoms with Gasteiger partial charge in [-0.2, -0.15) is 13.2 Å². The lowest BCUT2D eigenvalue weighted by molar-refractivity contribution is -0.138. The number of halogens is 3. The summed E-state index contributed by atoms with van der Waals surface area (Å²) in [5.74, 6) is -0.571. The van der Waals surface area contributed by atoms with Crippen molar-refractivity contribution in [2.45, 2.75) is 24.6 Å². The summed E-state index contributed by atoms with van der Waals surface area (Å²) < 4.78 is 45.5. The van der Waals surface area contributed by atoms with E-state index in [4.69, 9.17) is 4.74 Å². The zero-order valence-electron chi connectivity index (χ0n) is 13.6. The van der Waals surface area contributed by atoms with Crippen LogP contribution in [0.1, 0.15) is 28.8 Å². The van der Waals surface area contributed by atoms with E-state index in [1.54, 1.807) is 0 Å². The topological polar surface area (TPSA) is 32.8 Å². The minimum absolute atomic E-state index is 0.286. The van der Waals surface area contributed by atoms with Gasteiger partial charge in [-0.3, -0.25) is 4.79 Å². The molecule has 0 N–H and O–H groups in total. The fourth-order valence-corrected chi connectivity index (χ4v) is 3.64. The number of carbonyl (C=O) groups excluding carboxylic acids is 1. The number of likely N-dealkylation sites (N-methyl/N-ethyl adjacent to an activating group) is 1. The van der Waals surface area contributed by atoms with Crippen LogP contribution in [0.3, 0.4) is 0 Å². The van der Waals surface area contributed by atoms with Crippen molar-refractivity contribution in [1.82, 2.24) is 9.80 Å². The molecule has 1 atom stereocenters. The van der Waals surface area contributed by atoms with Crippen LogP contribution in [-0.2, 0) is 10.9 Å². The Morgan fingerprint density at radius 3 is 2.67 bits per heavy atom. The number of rotatable bonds is 1. The lowest BCUT2D eigenvalue weighted by Gasteiger charge is -2.47. The Kier molecular flexibility index (Phi) is 4.57. The van der Waals surface area contributed by atoms with Gasteiger partial charge in [-0.15, -0.1) is 0 Å². The maximum atomic E-state index is 13.2. The molecule has 1 amide bonds. The summed E-state index contributed by atoms with van der Waals surface area (Å²) in [4.78, 5) is 16.4. The summed E-state index contributed by atoms with van der Waals surface area (Å²) in [6.07, 6.45) is -2.99. The van der Waals surface area contributed by atoms with Gasteiger partial charge in [-0.05, 0) is 32.0 Å². The Morgan fingerprint density at radius 2 is 1.96 bits per heavy atom. The first kappa shape index (κ1) is 17.2. The molecular weight excluding hydrogens is 321 g/mol. The molecule has 0 aliphatic carbocycles. The molecule has 1 unspecified atom stereocenters. The molecule has 3 rings (SSSR count). The van der Waals surface area contributed by atoms with Crippen molar-refractivity contribution < 1.29 is 22.7 Å². The average Bonchev–Trinajstić information content (AvgIpc) is 2.53. The molecule has 7 heteroatoms. The molecule has 0 saturated carbocycles. The highest BCUT2D eigenvalue weighted by molar-refractivity contribution is 5.96. The van der Waals surface area contributed by atoms with Crippen molar-refractivity contribution in [3.8, 4) is 0 Å². The molecule has 2 heterocycles. The van der Waals surface area contributed by atoms with Crippen molar-refractivity contribution in [3.63, 3.8) is 0 Å². The van der Waals surface area contributed by atoms with E-state index in [0.717, 1.165) is 25.5 Å². The fraction of sp³-hybridized carbons (Fsp3) is 0.588. The molecule has 2 fully saturated rings. The third kappa shape index (κ3) is 3.42. The number of likely N-dealkylation sites (tertiary alicyclic amines) is 1. The van der Waals surface area contributed by atoms with Crippen LogP contribution in [0.2, 0.25) is 0 Å². The first-order chi connectivity index (χ1) is 11.3. The highest BCUT2D eigenvalue weighted by atomic mass is 19.4. The van der Waals surface area contributed by atoms with Crippen LogP contribution in [0.5, 0.6) is 0 Å². The van der Waals surface area contributed by atoms with E-state index >= 15 is 0 Å². The number of morpholine rings is 1. The summed E-state index contributed by atoms with van der Waals surface area (Å²) >= 11 is 0. The van der Waals surface area contributed by atoms with E-state index in [9.17, 15) is 18.0 Å². The van der Waals surface area contributed by atoms with Crippen molar-refractivity contribution in [2.24, 2.45) is 0 Å². The molecule has 0 bridgehead atoms.